The van der Waals surface area contributed by atoms with Crippen molar-refractivity contribution in [1.82, 2.24) is 15.2 Å². The third-order valence-electron chi connectivity index (χ3n) is 3.69. The molecule has 0 saturated carbocycles. The van der Waals surface area contributed by atoms with E-state index >= 15 is 0 Å². The maximum atomic E-state index is 12.5. The van der Waals surface area contributed by atoms with Gasteiger partial charge >= 0.3 is 0 Å². The van der Waals surface area contributed by atoms with Crippen LogP contribution in [0.25, 0.3) is 0 Å². The molecule has 1 atom stereocenters. The lowest BCUT2D eigenvalue weighted by Crippen LogP contribution is -2.46. The van der Waals surface area contributed by atoms with E-state index in [2.05, 4.69) is 10.3 Å². The van der Waals surface area contributed by atoms with Crippen molar-refractivity contribution in [3.8, 4) is 0 Å². The Labute approximate surface area is 119 Å². The van der Waals surface area contributed by atoms with Gasteiger partial charge in [0.15, 0.2) is 5.43 Å². The maximum Gasteiger partial charge on any atom is 0.259 e. The first-order chi connectivity index (χ1) is 9.72. The van der Waals surface area contributed by atoms with Crippen LogP contribution in [0, 0.1) is 0 Å². The smallest absolute Gasteiger partial charge is 0.259 e. The summed E-state index contributed by atoms with van der Waals surface area (Å²) in [6, 6.07) is 1.75. The standard InChI is InChI=1S/C15H23N3O2/c1-2-9-18(11-12-5-3-4-7-17-12)15(20)13-10-16-8-6-14(13)19/h6,8,10,12,17H,2-5,7,9,11H2,1H3,(H,16,19). The van der Waals surface area contributed by atoms with E-state index in [0.29, 0.717) is 19.1 Å². The Kier molecular flexibility index (Phi) is 5.35. The third-order valence-corrected chi connectivity index (χ3v) is 3.69. The predicted molar refractivity (Wildman–Crippen MR) is 78.9 cm³/mol. The zero-order valence-corrected chi connectivity index (χ0v) is 12.0. The van der Waals surface area contributed by atoms with Gasteiger partial charge in [-0.15, -0.1) is 0 Å². The molecular weight excluding hydrogens is 254 g/mol. The molecule has 0 aromatic carbocycles. The highest BCUT2D eigenvalue weighted by atomic mass is 16.2. The van der Waals surface area contributed by atoms with E-state index in [0.717, 1.165) is 19.4 Å². The third kappa shape index (κ3) is 3.70. The molecule has 2 rings (SSSR count). The second kappa shape index (κ2) is 7.24. The van der Waals surface area contributed by atoms with Crippen molar-refractivity contribution >= 4 is 5.91 Å². The molecule has 0 aliphatic carbocycles. The predicted octanol–water partition coefficient (Wildman–Crippen LogP) is 1.37. The number of aromatic nitrogens is 1. The number of aromatic amines is 1. The van der Waals surface area contributed by atoms with Gasteiger partial charge < -0.3 is 15.2 Å². The van der Waals surface area contributed by atoms with Gasteiger partial charge in [-0.3, -0.25) is 9.59 Å². The van der Waals surface area contributed by atoms with E-state index in [1.54, 1.807) is 11.1 Å². The van der Waals surface area contributed by atoms with Gasteiger partial charge in [0.2, 0.25) is 0 Å². The Morgan fingerprint density at radius 2 is 2.30 bits per heavy atom. The number of nitrogens with one attached hydrogen (secondary N) is 2. The van der Waals surface area contributed by atoms with Crippen molar-refractivity contribution in [3.05, 3.63) is 34.2 Å². The SMILES string of the molecule is CCCN(CC1CCCCN1)C(=O)c1c[nH]ccc1=O. The minimum Gasteiger partial charge on any atom is -0.367 e. The monoisotopic (exact) mass is 277 g/mol. The molecule has 2 heterocycles. The summed E-state index contributed by atoms with van der Waals surface area (Å²) in [6.45, 7) is 4.43. The zero-order valence-electron chi connectivity index (χ0n) is 12.0. The molecule has 1 saturated heterocycles. The molecule has 1 unspecified atom stereocenters. The molecule has 110 valence electrons. The van der Waals surface area contributed by atoms with Crippen LogP contribution in [-0.4, -0.2) is 41.5 Å². The van der Waals surface area contributed by atoms with E-state index in [-0.39, 0.29) is 16.9 Å². The van der Waals surface area contributed by atoms with Crippen LogP contribution in [0.3, 0.4) is 0 Å². The van der Waals surface area contributed by atoms with E-state index in [1.807, 2.05) is 6.92 Å². The lowest BCUT2D eigenvalue weighted by atomic mass is 10.0. The number of carbonyl (C=O) groups is 1. The highest BCUT2D eigenvalue weighted by Crippen LogP contribution is 2.10. The van der Waals surface area contributed by atoms with Crippen molar-refractivity contribution in [2.45, 2.75) is 38.6 Å². The summed E-state index contributed by atoms with van der Waals surface area (Å²) in [6.07, 6.45) is 7.45. The van der Waals surface area contributed by atoms with Crippen LogP contribution < -0.4 is 10.7 Å². The average Bonchev–Trinajstić information content (AvgIpc) is 2.48. The van der Waals surface area contributed by atoms with Gasteiger partial charge in [-0.25, -0.2) is 0 Å². The molecular formula is C15H23N3O2. The summed E-state index contributed by atoms with van der Waals surface area (Å²) < 4.78 is 0. The largest absolute Gasteiger partial charge is 0.367 e. The number of hydrogen-bond acceptors (Lipinski definition) is 3. The van der Waals surface area contributed by atoms with Crippen LogP contribution >= 0.6 is 0 Å². The fraction of sp³-hybridized carbons (Fsp3) is 0.600. The van der Waals surface area contributed by atoms with Gasteiger partial charge in [-0.05, 0) is 25.8 Å². The van der Waals surface area contributed by atoms with Crippen molar-refractivity contribution in [2.24, 2.45) is 0 Å². The number of hydrogen-bond donors (Lipinski definition) is 2. The minimum atomic E-state index is -0.216. The highest BCUT2D eigenvalue weighted by molar-refractivity contribution is 5.93. The highest BCUT2D eigenvalue weighted by Gasteiger charge is 2.22. The second-order valence-corrected chi connectivity index (χ2v) is 5.32. The van der Waals surface area contributed by atoms with E-state index < -0.39 is 0 Å². The fourth-order valence-electron chi connectivity index (χ4n) is 2.65. The minimum absolute atomic E-state index is 0.166. The Bertz CT molecular complexity index is 492. The van der Waals surface area contributed by atoms with E-state index in [1.165, 1.54) is 25.1 Å². The van der Waals surface area contributed by atoms with Crippen molar-refractivity contribution in [3.63, 3.8) is 0 Å². The normalized spacial score (nSPS) is 18.8. The van der Waals surface area contributed by atoms with Crippen LogP contribution in [0.2, 0.25) is 0 Å². The van der Waals surface area contributed by atoms with Gasteiger partial charge in [-0.1, -0.05) is 13.3 Å². The van der Waals surface area contributed by atoms with Gasteiger partial charge in [-0.2, -0.15) is 0 Å². The molecule has 5 nitrogen and oxygen atoms in total. The Hall–Kier alpha value is -1.62. The number of piperidine rings is 1. The summed E-state index contributed by atoms with van der Waals surface area (Å²) >= 11 is 0. The number of rotatable bonds is 5. The average molecular weight is 277 g/mol. The lowest BCUT2D eigenvalue weighted by Gasteiger charge is -2.30. The second-order valence-electron chi connectivity index (χ2n) is 5.32. The Morgan fingerprint density at radius 1 is 1.45 bits per heavy atom. The molecule has 5 heteroatoms. The summed E-state index contributed by atoms with van der Waals surface area (Å²) in [7, 11) is 0. The first kappa shape index (κ1) is 14.8. The molecule has 1 fully saturated rings. The van der Waals surface area contributed by atoms with Crippen LogP contribution in [0.4, 0.5) is 0 Å². The Balaban J connectivity index is 2.09. The Morgan fingerprint density at radius 3 is 2.95 bits per heavy atom. The molecule has 20 heavy (non-hydrogen) atoms. The van der Waals surface area contributed by atoms with E-state index in [4.69, 9.17) is 0 Å². The summed E-state index contributed by atoms with van der Waals surface area (Å²) in [5.74, 6) is -0.166. The van der Waals surface area contributed by atoms with Gasteiger partial charge in [0.05, 0.1) is 0 Å². The number of nitrogens with zero attached hydrogens (tertiary/aromatic N) is 1. The van der Waals surface area contributed by atoms with E-state index in [9.17, 15) is 9.59 Å². The number of carbonyl (C=O) groups excluding carboxylic acids is 1. The molecule has 0 radical (unpaired) electrons. The molecule has 2 N–H and O–H groups in total. The van der Waals surface area contributed by atoms with Crippen molar-refractivity contribution in [2.75, 3.05) is 19.6 Å². The van der Waals surface area contributed by atoms with Crippen LogP contribution in [0.5, 0.6) is 0 Å². The molecule has 1 aliphatic heterocycles. The van der Waals surface area contributed by atoms with Crippen molar-refractivity contribution < 1.29 is 4.79 Å². The zero-order chi connectivity index (χ0) is 14.4. The molecule has 0 bridgehead atoms. The van der Waals surface area contributed by atoms with Gasteiger partial charge in [0.1, 0.15) is 5.56 Å². The molecule has 0 spiro atoms. The number of amides is 1. The van der Waals surface area contributed by atoms with Crippen LogP contribution in [0.1, 0.15) is 43.0 Å². The molecule has 1 aromatic heterocycles. The summed E-state index contributed by atoms with van der Waals surface area (Å²) in [4.78, 5) is 28.9. The number of H-pyrrole nitrogens is 1. The molecule has 1 aliphatic rings. The summed E-state index contributed by atoms with van der Waals surface area (Å²) in [5, 5.41) is 3.45. The molecule has 1 amide bonds. The van der Waals surface area contributed by atoms with Crippen LogP contribution in [-0.2, 0) is 0 Å². The maximum absolute atomic E-state index is 12.5. The first-order valence-electron chi connectivity index (χ1n) is 7.42. The topological polar surface area (TPSA) is 65.2 Å². The molecule has 1 aromatic rings. The summed E-state index contributed by atoms with van der Waals surface area (Å²) in [5.41, 5.74) is 0.0169. The van der Waals surface area contributed by atoms with Crippen molar-refractivity contribution in [1.29, 1.82) is 0 Å². The first-order valence-corrected chi connectivity index (χ1v) is 7.42. The fourth-order valence-corrected chi connectivity index (χ4v) is 2.65. The van der Waals surface area contributed by atoms with Gasteiger partial charge in [0.25, 0.3) is 5.91 Å². The quantitative estimate of drug-likeness (QED) is 0.854. The lowest BCUT2D eigenvalue weighted by molar-refractivity contribution is 0.0730. The van der Waals surface area contributed by atoms with Gasteiger partial charge in [0, 0.05) is 37.6 Å². The number of pyridine rings is 1. The van der Waals surface area contributed by atoms with Crippen LogP contribution in [0.15, 0.2) is 23.3 Å².